The summed E-state index contributed by atoms with van der Waals surface area (Å²) in [5.41, 5.74) is 1.54. The number of hydrogen-bond acceptors (Lipinski definition) is 4. The van der Waals surface area contributed by atoms with Crippen LogP contribution < -0.4 is 10.1 Å². The molecule has 0 aliphatic heterocycles. The Morgan fingerprint density at radius 1 is 1.41 bits per heavy atom. The first-order valence-corrected chi connectivity index (χ1v) is 7.06. The lowest BCUT2D eigenvalue weighted by Gasteiger charge is -2.13. The summed E-state index contributed by atoms with van der Waals surface area (Å²) in [5.74, 6) is 0.592. The molecule has 6 heteroatoms. The molecule has 1 aromatic carbocycles. The highest BCUT2D eigenvalue weighted by Gasteiger charge is 2.09. The van der Waals surface area contributed by atoms with Gasteiger partial charge in [-0.25, -0.2) is 9.67 Å². The van der Waals surface area contributed by atoms with E-state index in [0.29, 0.717) is 18.7 Å². The van der Waals surface area contributed by atoms with Crippen LogP contribution in [-0.2, 0) is 0 Å². The molecule has 0 radical (unpaired) electrons. The first kappa shape index (κ1) is 15.8. The average Bonchev–Trinajstić information content (AvgIpc) is 3.05. The van der Waals surface area contributed by atoms with Crippen LogP contribution in [0.3, 0.4) is 0 Å². The number of amides is 1. The summed E-state index contributed by atoms with van der Waals surface area (Å²) in [5, 5.41) is 6.92. The van der Waals surface area contributed by atoms with Crippen molar-refractivity contribution >= 4 is 5.91 Å². The number of ether oxygens (including phenoxy) is 1. The highest BCUT2D eigenvalue weighted by atomic mass is 16.5. The summed E-state index contributed by atoms with van der Waals surface area (Å²) in [6, 6.07) is 7.08. The second kappa shape index (κ2) is 7.40. The first-order chi connectivity index (χ1) is 10.6. The summed E-state index contributed by atoms with van der Waals surface area (Å²) in [7, 11) is 0. The normalized spacial score (nSPS) is 11.7. The molecule has 1 atom stereocenters. The number of benzene rings is 1. The highest BCUT2D eigenvalue weighted by Crippen LogP contribution is 2.13. The lowest BCUT2D eigenvalue weighted by Crippen LogP contribution is -2.29. The van der Waals surface area contributed by atoms with Crippen molar-refractivity contribution in [1.29, 1.82) is 0 Å². The average molecular weight is 300 g/mol. The van der Waals surface area contributed by atoms with Crippen molar-refractivity contribution in [3.63, 3.8) is 0 Å². The Bertz CT molecular complexity index is 620. The molecule has 0 aliphatic rings. The molecule has 22 heavy (non-hydrogen) atoms. The third kappa shape index (κ3) is 4.44. The van der Waals surface area contributed by atoms with E-state index in [1.54, 1.807) is 35.3 Å². The number of nitrogens with zero attached hydrogens (tertiary/aromatic N) is 3. The van der Waals surface area contributed by atoms with Crippen LogP contribution in [0.15, 0.2) is 49.1 Å². The maximum atomic E-state index is 12.1. The predicted octanol–water partition coefficient (Wildman–Crippen LogP) is 2.22. The van der Waals surface area contributed by atoms with Crippen LogP contribution in [0.2, 0.25) is 0 Å². The largest absolute Gasteiger partial charge is 0.489 e. The Morgan fingerprint density at radius 2 is 2.14 bits per heavy atom. The Kier molecular flexibility index (Phi) is 5.30. The van der Waals surface area contributed by atoms with Crippen molar-refractivity contribution in [2.75, 3.05) is 13.2 Å². The molecule has 1 N–H and O–H groups in total. The molecule has 0 saturated carbocycles. The van der Waals surface area contributed by atoms with Crippen LogP contribution in [-0.4, -0.2) is 33.8 Å². The topological polar surface area (TPSA) is 69.0 Å². The number of carbonyl (C=O) groups excluding carboxylic acids is 1. The van der Waals surface area contributed by atoms with Crippen LogP contribution in [0.25, 0.3) is 0 Å². The van der Waals surface area contributed by atoms with E-state index >= 15 is 0 Å². The van der Waals surface area contributed by atoms with E-state index in [4.69, 9.17) is 4.74 Å². The maximum absolute atomic E-state index is 12.1. The lowest BCUT2D eigenvalue weighted by molar-refractivity contribution is 0.0948. The van der Waals surface area contributed by atoms with E-state index in [9.17, 15) is 4.79 Å². The van der Waals surface area contributed by atoms with Crippen molar-refractivity contribution in [2.24, 2.45) is 0 Å². The zero-order valence-electron chi connectivity index (χ0n) is 12.8. The minimum Gasteiger partial charge on any atom is -0.489 e. The van der Waals surface area contributed by atoms with Gasteiger partial charge in [0, 0.05) is 12.1 Å². The first-order valence-electron chi connectivity index (χ1n) is 7.06. The summed E-state index contributed by atoms with van der Waals surface area (Å²) in [4.78, 5) is 16.0. The second-order valence-corrected chi connectivity index (χ2v) is 5.20. The Morgan fingerprint density at radius 3 is 2.73 bits per heavy atom. The van der Waals surface area contributed by atoms with Gasteiger partial charge in [0.1, 0.15) is 25.0 Å². The number of nitrogens with one attached hydrogen (secondary N) is 1. The van der Waals surface area contributed by atoms with Crippen molar-refractivity contribution in [2.45, 2.75) is 19.9 Å². The molecule has 1 aromatic heterocycles. The fraction of sp³-hybridized carbons (Fsp3) is 0.312. The minimum absolute atomic E-state index is 0.0459. The van der Waals surface area contributed by atoms with Gasteiger partial charge in [0.2, 0.25) is 0 Å². The molecule has 0 saturated heterocycles. The summed E-state index contributed by atoms with van der Waals surface area (Å²) >= 11 is 0. The molecule has 0 aliphatic carbocycles. The molecule has 0 fully saturated rings. The molecule has 6 nitrogen and oxygen atoms in total. The van der Waals surface area contributed by atoms with Crippen molar-refractivity contribution < 1.29 is 9.53 Å². The van der Waals surface area contributed by atoms with Gasteiger partial charge in [0.15, 0.2) is 0 Å². The van der Waals surface area contributed by atoms with Crippen molar-refractivity contribution in [3.05, 3.63) is 54.6 Å². The summed E-state index contributed by atoms with van der Waals surface area (Å²) in [6.07, 6.45) is 3.10. The van der Waals surface area contributed by atoms with Crippen LogP contribution in [0.1, 0.15) is 30.2 Å². The van der Waals surface area contributed by atoms with E-state index in [-0.39, 0.29) is 11.9 Å². The quantitative estimate of drug-likeness (QED) is 0.796. The van der Waals surface area contributed by atoms with Gasteiger partial charge in [-0.15, -0.1) is 0 Å². The van der Waals surface area contributed by atoms with E-state index < -0.39 is 0 Å². The second-order valence-electron chi connectivity index (χ2n) is 5.20. The van der Waals surface area contributed by atoms with Crippen molar-refractivity contribution in [3.8, 4) is 5.75 Å². The van der Waals surface area contributed by atoms with E-state index in [1.165, 1.54) is 6.33 Å². The minimum atomic E-state index is -0.126. The van der Waals surface area contributed by atoms with Gasteiger partial charge in [-0.05, 0) is 43.7 Å². The molecule has 0 unspecified atom stereocenters. The van der Waals surface area contributed by atoms with Crippen LogP contribution in [0.5, 0.6) is 5.75 Å². The molecular formula is C16H20N4O2. The Labute approximate surface area is 129 Å². The van der Waals surface area contributed by atoms with E-state index in [2.05, 4.69) is 22.0 Å². The molecule has 2 aromatic rings. The van der Waals surface area contributed by atoms with E-state index in [0.717, 1.165) is 11.3 Å². The van der Waals surface area contributed by atoms with Crippen LogP contribution >= 0.6 is 0 Å². The zero-order chi connectivity index (χ0) is 15.9. The lowest BCUT2D eigenvalue weighted by atomic mass is 10.2. The fourth-order valence-electron chi connectivity index (χ4n) is 1.79. The van der Waals surface area contributed by atoms with Gasteiger partial charge < -0.3 is 10.1 Å². The fourth-order valence-corrected chi connectivity index (χ4v) is 1.79. The summed E-state index contributed by atoms with van der Waals surface area (Å²) < 4.78 is 7.20. The van der Waals surface area contributed by atoms with Gasteiger partial charge in [0.05, 0.1) is 6.04 Å². The molecular weight excluding hydrogens is 280 g/mol. The van der Waals surface area contributed by atoms with Gasteiger partial charge in [-0.1, -0.05) is 6.58 Å². The molecule has 0 bridgehead atoms. The maximum Gasteiger partial charge on any atom is 0.251 e. The Hall–Kier alpha value is -2.63. The molecule has 1 heterocycles. The van der Waals surface area contributed by atoms with Crippen LogP contribution in [0, 0.1) is 0 Å². The number of hydrogen-bond donors (Lipinski definition) is 1. The standard InChI is InChI=1S/C16H20N4O2/c1-12(2)9-22-15-6-4-14(5-7-15)16(21)18-8-13(3)20-11-17-10-19-20/h4-7,10-11,13H,1,8-9H2,2-3H3,(H,18,21)/t13-/m0/s1. The van der Waals surface area contributed by atoms with E-state index in [1.807, 2.05) is 13.8 Å². The van der Waals surface area contributed by atoms with Gasteiger partial charge in [0.25, 0.3) is 5.91 Å². The Balaban J connectivity index is 1.85. The van der Waals surface area contributed by atoms with Crippen molar-refractivity contribution in [1.82, 2.24) is 20.1 Å². The molecule has 116 valence electrons. The van der Waals surface area contributed by atoms with Gasteiger partial charge in [-0.2, -0.15) is 5.10 Å². The smallest absolute Gasteiger partial charge is 0.251 e. The highest BCUT2D eigenvalue weighted by molar-refractivity contribution is 5.94. The number of rotatable bonds is 7. The third-order valence-electron chi connectivity index (χ3n) is 3.05. The van der Waals surface area contributed by atoms with Gasteiger partial charge in [-0.3, -0.25) is 4.79 Å². The predicted molar refractivity (Wildman–Crippen MR) is 83.8 cm³/mol. The summed E-state index contributed by atoms with van der Waals surface area (Å²) in [6.45, 7) is 8.60. The SMILES string of the molecule is C=C(C)COc1ccc(C(=O)NC[C@H](C)n2cncn2)cc1. The molecule has 1 amide bonds. The van der Waals surface area contributed by atoms with Crippen LogP contribution in [0.4, 0.5) is 0 Å². The number of aromatic nitrogens is 3. The number of carbonyl (C=O) groups is 1. The third-order valence-corrected chi connectivity index (χ3v) is 3.05. The van der Waals surface area contributed by atoms with Gasteiger partial charge >= 0.3 is 0 Å². The zero-order valence-corrected chi connectivity index (χ0v) is 12.8. The monoisotopic (exact) mass is 300 g/mol. The molecule has 0 spiro atoms. The molecule has 2 rings (SSSR count).